The van der Waals surface area contributed by atoms with Crippen molar-refractivity contribution in [2.75, 3.05) is 19.8 Å². The topological polar surface area (TPSA) is 52.9 Å². The number of hydrogen-bond acceptors (Lipinski definition) is 4. The Kier molecular flexibility index (Phi) is 7.39. The van der Waals surface area contributed by atoms with E-state index < -0.39 is 0 Å². The lowest BCUT2D eigenvalue weighted by Crippen LogP contribution is -2.27. The first-order chi connectivity index (χ1) is 14.5. The van der Waals surface area contributed by atoms with Crippen molar-refractivity contribution in [3.63, 3.8) is 0 Å². The second-order valence-electron chi connectivity index (χ2n) is 6.88. The molecule has 0 heterocycles. The van der Waals surface area contributed by atoms with Gasteiger partial charge in [-0.2, -0.15) is 0 Å². The van der Waals surface area contributed by atoms with E-state index in [2.05, 4.69) is 18.7 Å². The molecule has 0 aliphatic heterocycles. The van der Waals surface area contributed by atoms with Crippen LogP contribution in [0.25, 0.3) is 10.6 Å². The zero-order chi connectivity index (χ0) is 21.5. The van der Waals surface area contributed by atoms with Crippen molar-refractivity contribution in [3.8, 4) is 17.2 Å². The van der Waals surface area contributed by atoms with E-state index in [4.69, 9.17) is 16.3 Å². The number of benzene rings is 3. The molecule has 0 saturated carbocycles. The van der Waals surface area contributed by atoms with Gasteiger partial charge in [-0.3, -0.25) is 4.90 Å². The first-order valence-corrected chi connectivity index (χ1v) is 10.3. The lowest BCUT2D eigenvalue weighted by atomic mass is 9.95. The van der Waals surface area contributed by atoms with Crippen LogP contribution in [0.2, 0.25) is 0 Å². The van der Waals surface area contributed by atoms with Gasteiger partial charge in [0.15, 0.2) is 0 Å². The van der Waals surface area contributed by atoms with Crippen molar-refractivity contribution in [2.24, 2.45) is 0 Å². The van der Waals surface area contributed by atoms with Crippen LogP contribution >= 0.6 is 11.6 Å². The van der Waals surface area contributed by atoms with E-state index in [1.54, 1.807) is 36.4 Å². The Hall–Kier alpha value is -2.95. The Labute approximate surface area is 182 Å². The Morgan fingerprint density at radius 1 is 0.733 bits per heavy atom. The normalized spacial score (nSPS) is 12.0. The van der Waals surface area contributed by atoms with Crippen LogP contribution in [0, 0.1) is 0 Å². The highest BCUT2D eigenvalue weighted by Crippen LogP contribution is 2.36. The number of hydrogen-bond donors (Lipinski definition) is 2. The third-order valence-corrected chi connectivity index (χ3v) is 5.35. The standard InChI is InChI=1S/C25H26ClNO3/c1-3-27(4-2)17-30-23-15-9-19(10-16-23)24(18-5-11-21(28)12-6-18)25(26)20-7-13-22(29)14-8-20/h5-16,28-29H,3-4,17H2,1-2H3/b25-24+. The van der Waals surface area contributed by atoms with Gasteiger partial charge in [-0.15, -0.1) is 0 Å². The second-order valence-corrected chi connectivity index (χ2v) is 7.26. The van der Waals surface area contributed by atoms with E-state index in [-0.39, 0.29) is 11.5 Å². The Morgan fingerprint density at radius 3 is 1.63 bits per heavy atom. The molecule has 0 fully saturated rings. The number of ether oxygens (including phenoxy) is 1. The lowest BCUT2D eigenvalue weighted by molar-refractivity contribution is 0.137. The molecule has 5 heteroatoms. The quantitative estimate of drug-likeness (QED) is 0.348. The number of phenols is 2. The van der Waals surface area contributed by atoms with E-state index in [1.807, 2.05) is 36.4 Å². The minimum Gasteiger partial charge on any atom is -0.508 e. The van der Waals surface area contributed by atoms with Gasteiger partial charge >= 0.3 is 0 Å². The van der Waals surface area contributed by atoms with Crippen LogP contribution in [0.1, 0.15) is 30.5 Å². The summed E-state index contributed by atoms with van der Waals surface area (Å²) in [4.78, 5) is 2.19. The molecule has 0 aliphatic carbocycles. The molecule has 0 saturated heterocycles. The van der Waals surface area contributed by atoms with Crippen LogP contribution in [-0.2, 0) is 0 Å². The first kappa shape index (κ1) is 21.8. The average Bonchev–Trinajstić information content (AvgIpc) is 2.77. The molecule has 0 unspecified atom stereocenters. The molecule has 156 valence electrons. The van der Waals surface area contributed by atoms with Gasteiger partial charge in [-0.1, -0.05) is 49.7 Å². The molecular formula is C25H26ClNO3. The average molecular weight is 424 g/mol. The molecule has 30 heavy (non-hydrogen) atoms. The maximum atomic E-state index is 9.68. The van der Waals surface area contributed by atoms with Crippen molar-refractivity contribution in [3.05, 3.63) is 89.5 Å². The number of halogens is 1. The molecule has 3 rings (SSSR count). The second kappa shape index (κ2) is 10.2. The number of phenolic OH excluding ortho intramolecular Hbond substituents is 2. The first-order valence-electron chi connectivity index (χ1n) is 9.96. The molecule has 3 aromatic carbocycles. The molecule has 0 spiro atoms. The Bertz CT molecular complexity index is 976. The maximum absolute atomic E-state index is 9.68. The highest BCUT2D eigenvalue weighted by Gasteiger charge is 2.13. The van der Waals surface area contributed by atoms with E-state index in [1.165, 1.54) is 0 Å². The molecule has 0 atom stereocenters. The van der Waals surface area contributed by atoms with E-state index in [0.717, 1.165) is 41.1 Å². The Balaban J connectivity index is 1.97. The number of nitrogens with zero attached hydrogens (tertiary/aromatic N) is 1. The van der Waals surface area contributed by atoms with Crippen LogP contribution in [0.5, 0.6) is 17.2 Å². The van der Waals surface area contributed by atoms with Crippen molar-refractivity contribution in [2.45, 2.75) is 13.8 Å². The minimum atomic E-state index is 0.184. The molecule has 0 amide bonds. The van der Waals surface area contributed by atoms with Gasteiger partial charge in [-0.05, 0) is 78.3 Å². The summed E-state index contributed by atoms with van der Waals surface area (Å²) in [7, 11) is 0. The zero-order valence-electron chi connectivity index (χ0n) is 17.2. The third-order valence-electron chi connectivity index (χ3n) is 4.95. The highest BCUT2D eigenvalue weighted by molar-refractivity contribution is 6.53. The predicted octanol–water partition coefficient (Wildman–Crippen LogP) is 5.93. The van der Waals surface area contributed by atoms with Crippen LogP contribution in [0.3, 0.4) is 0 Å². The Morgan fingerprint density at radius 2 is 1.17 bits per heavy atom. The smallest absolute Gasteiger partial charge is 0.142 e. The predicted molar refractivity (Wildman–Crippen MR) is 123 cm³/mol. The van der Waals surface area contributed by atoms with Crippen LogP contribution in [-0.4, -0.2) is 34.9 Å². The molecule has 4 nitrogen and oxygen atoms in total. The van der Waals surface area contributed by atoms with Gasteiger partial charge < -0.3 is 14.9 Å². The van der Waals surface area contributed by atoms with Crippen LogP contribution in [0.15, 0.2) is 72.8 Å². The molecular weight excluding hydrogens is 398 g/mol. The van der Waals surface area contributed by atoms with Crippen molar-refractivity contribution in [1.82, 2.24) is 4.90 Å². The summed E-state index contributed by atoms with van der Waals surface area (Å²) in [6.45, 7) is 6.63. The van der Waals surface area contributed by atoms with Crippen LogP contribution < -0.4 is 4.74 Å². The summed E-state index contributed by atoms with van der Waals surface area (Å²) in [6.07, 6.45) is 0. The van der Waals surface area contributed by atoms with Gasteiger partial charge in [0.2, 0.25) is 0 Å². The van der Waals surface area contributed by atoms with E-state index in [9.17, 15) is 10.2 Å². The summed E-state index contributed by atoms with van der Waals surface area (Å²) in [5, 5.41) is 19.8. The molecule has 2 N–H and O–H groups in total. The summed E-state index contributed by atoms with van der Waals surface area (Å²) >= 11 is 6.81. The highest BCUT2D eigenvalue weighted by atomic mass is 35.5. The van der Waals surface area contributed by atoms with E-state index in [0.29, 0.717) is 11.8 Å². The number of aromatic hydroxyl groups is 2. The van der Waals surface area contributed by atoms with Crippen molar-refractivity contribution >= 4 is 22.2 Å². The number of rotatable bonds is 8. The van der Waals surface area contributed by atoms with Crippen LogP contribution in [0.4, 0.5) is 0 Å². The maximum Gasteiger partial charge on any atom is 0.142 e. The van der Waals surface area contributed by atoms with Crippen molar-refractivity contribution < 1.29 is 14.9 Å². The summed E-state index contributed by atoms with van der Waals surface area (Å²) in [5.74, 6) is 1.17. The molecule has 3 aromatic rings. The minimum absolute atomic E-state index is 0.184. The largest absolute Gasteiger partial charge is 0.508 e. The summed E-state index contributed by atoms with van der Waals surface area (Å²) < 4.78 is 5.88. The molecule has 0 bridgehead atoms. The monoisotopic (exact) mass is 423 g/mol. The third kappa shape index (κ3) is 5.35. The van der Waals surface area contributed by atoms with Gasteiger partial charge in [0.05, 0.1) is 5.03 Å². The van der Waals surface area contributed by atoms with Gasteiger partial charge in [-0.25, -0.2) is 0 Å². The summed E-state index contributed by atoms with van der Waals surface area (Å²) in [6, 6.07) is 21.5. The fourth-order valence-electron chi connectivity index (χ4n) is 3.09. The molecule has 0 radical (unpaired) electrons. The van der Waals surface area contributed by atoms with Gasteiger partial charge in [0.1, 0.15) is 24.0 Å². The molecule has 0 aliphatic rings. The fraction of sp³-hybridized carbons (Fsp3) is 0.200. The fourth-order valence-corrected chi connectivity index (χ4v) is 3.43. The molecule has 0 aromatic heterocycles. The lowest BCUT2D eigenvalue weighted by Gasteiger charge is -2.19. The summed E-state index contributed by atoms with van der Waals surface area (Å²) in [5.41, 5.74) is 3.42. The van der Waals surface area contributed by atoms with Crippen molar-refractivity contribution in [1.29, 1.82) is 0 Å². The van der Waals surface area contributed by atoms with Gasteiger partial charge in [0, 0.05) is 5.57 Å². The zero-order valence-corrected chi connectivity index (χ0v) is 17.9. The van der Waals surface area contributed by atoms with E-state index >= 15 is 0 Å². The SMILES string of the molecule is CCN(CC)COc1ccc(/C(=C(/Cl)c2ccc(O)cc2)c2ccc(O)cc2)cc1. The van der Waals surface area contributed by atoms with Gasteiger partial charge in [0.25, 0.3) is 0 Å².